The summed E-state index contributed by atoms with van der Waals surface area (Å²) in [5.74, 6) is 1.96. The van der Waals surface area contributed by atoms with E-state index in [-0.39, 0.29) is 0 Å². The molecule has 44 heavy (non-hydrogen) atoms. The molecule has 0 spiro atoms. The molecule has 0 saturated carbocycles. The molecule has 206 valence electrons. The van der Waals surface area contributed by atoms with E-state index in [1.807, 2.05) is 91.3 Å². The third-order valence-electron chi connectivity index (χ3n) is 7.81. The standard InChI is InChI=1S/C39H25N5/c1-3-8-26(9-4-1)37-42-38(27-10-5-2-6-11-27)44-39(43-37)31-16-15-30-21-34-20-28(13-14-29(34)22-35(30)23-31)32-17-18-36(41-25-32)33-12-7-19-40-24-33/h1-25H. The first-order valence-electron chi connectivity index (χ1n) is 14.5. The molecular formula is C39H25N5. The van der Waals surface area contributed by atoms with Gasteiger partial charge in [0.25, 0.3) is 0 Å². The molecule has 8 rings (SSSR count). The van der Waals surface area contributed by atoms with Gasteiger partial charge < -0.3 is 0 Å². The van der Waals surface area contributed by atoms with E-state index in [1.54, 1.807) is 6.20 Å². The highest BCUT2D eigenvalue weighted by atomic mass is 15.0. The second kappa shape index (κ2) is 11.0. The number of nitrogens with zero attached hydrogens (tertiary/aromatic N) is 5. The van der Waals surface area contributed by atoms with Gasteiger partial charge in [-0.25, -0.2) is 15.0 Å². The minimum absolute atomic E-state index is 0.650. The highest BCUT2D eigenvalue weighted by Crippen LogP contribution is 2.31. The van der Waals surface area contributed by atoms with Crippen LogP contribution in [0.2, 0.25) is 0 Å². The van der Waals surface area contributed by atoms with Crippen LogP contribution in [0.5, 0.6) is 0 Å². The Kier molecular flexibility index (Phi) is 6.39. The molecule has 0 atom stereocenters. The fourth-order valence-corrected chi connectivity index (χ4v) is 5.50. The Morgan fingerprint density at radius 3 is 1.45 bits per heavy atom. The maximum absolute atomic E-state index is 4.91. The monoisotopic (exact) mass is 563 g/mol. The Bertz CT molecular complexity index is 2190. The highest BCUT2D eigenvalue weighted by Gasteiger charge is 2.13. The molecule has 0 N–H and O–H groups in total. The largest absolute Gasteiger partial charge is 0.264 e. The zero-order valence-corrected chi connectivity index (χ0v) is 23.7. The van der Waals surface area contributed by atoms with Crippen LogP contribution >= 0.6 is 0 Å². The van der Waals surface area contributed by atoms with Crippen molar-refractivity contribution in [2.75, 3.05) is 0 Å². The summed E-state index contributed by atoms with van der Waals surface area (Å²) < 4.78 is 0. The van der Waals surface area contributed by atoms with Crippen molar-refractivity contribution in [2.45, 2.75) is 0 Å². The van der Waals surface area contributed by atoms with E-state index in [0.717, 1.165) is 49.8 Å². The number of hydrogen-bond acceptors (Lipinski definition) is 5. The van der Waals surface area contributed by atoms with Crippen molar-refractivity contribution >= 4 is 21.5 Å². The summed E-state index contributed by atoms with van der Waals surface area (Å²) in [7, 11) is 0. The molecule has 3 aromatic heterocycles. The number of rotatable bonds is 5. The Labute approximate surface area is 254 Å². The first-order valence-corrected chi connectivity index (χ1v) is 14.5. The van der Waals surface area contributed by atoms with Crippen LogP contribution in [0.4, 0.5) is 0 Å². The molecule has 0 aliphatic rings. The van der Waals surface area contributed by atoms with Gasteiger partial charge in [0.05, 0.1) is 5.69 Å². The van der Waals surface area contributed by atoms with Gasteiger partial charge >= 0.3 is 0 Å². The number of benzene rings is 5. The Balaban J connectivity index is 1.17. The van der Waals surface area contributed by atoms with Gasteiger partial charge in [-0.3, -0.25) is 9.97 Å². The quantitative estimate of drug-likeness (QED) is 0.195. The molecule has 5 nitrogen and oxygen atoms in total. The Morgan fingerprint density at radius 2 is 0.886 bits per heavy atom. The summed E-state index contributed by atoms with van der Waals surface area (Å²) in [4.78, 5) is 23.5. The number of hydrogen-bond donors (Lipinski definition) is 0. The summed E-state index contributed by atoms with van der Waals surface area (Å²) in [5, 5.41) is 4.64. The zero-order valence-electron chi connectivity index (χ0n) is 23.7. The molecule has 5 heteroatoms. The summed E-state index contributed by atoms with van der Waals surface area (Å²) in [6.07, 6.45) is 5.53. The molecule has 0 aliphatic carbocycles. The van der Waals surface area contributed by atoms with E-state index in [1.165, 1.54) is 10.8 Å². The maximum atomic E-state index is 4.91. The molecule has 0 fully saturated rings. The number of fused-ring (bicyclic) bond motifs is 2. The lowest BCUT2D eigenvalue weighted by molar-refractivity contribution is 1.07. The van der Waals surface area contributed by atoms with Crippen molar-refractivity contribution in [3.05, 3.63) is 152 Å². The third kappa shape index (κ3) is 4.97. The molecule has 8 aromatic rings. The zero-order chi connectivity index (χ0) is 29.3. The normalized spacial score (nSPS) is 11.2. The molecule has 0 saturated heterocycles. The topological polar surface area (TPSA) is 64.5 Å². The predicted molar refractivity (Wildman–Crippen MR) is 178 cm³/mol. The molecule has 0 unspecified atom stereocenters. The van der Waals surface area contributed by atoms with Crippen LogP contribution in [0.15, 0.2) is 152 Å². The molecule has 0 radical (unpaired) electrons. The van der Waals surface area contributed by atoms with Gasteiger partial charge in [-0.15, -0.1) is 0 Å². The van der Waals surface area contributed by atoms with Crippen LogP contribution in [-0.4, -0.2) is 24.9 Å². The fourth-order valence-electron chi connectivity index (χ4n) is 5.50. The van der Waals surface area contributed by atoms with Gasteiger partial charge in [-0.2, -0.15) is 0 Å². The third-order valence-corrected chi connectivity index (χ3v) is 7.81. The van der Waals surface area contributed by atoms with Gasteiger partial charge in [0.2, 0.25) is 0 Å². The minimum atomic E-state index is 0.650. The first kappa shape index (κ1) is 25.6. The summed E-state index contributed by atoms with van der Waals surface area (Å²) >= 11 is 0. The Hall–Kier alpha value is -6.07. The molecule has 0 bridgehead atoms. The lowest BCUT2D eigenvalue weighted by Crippen LogP contribution is -2.00. The van der Waals surface area contributed by atoms with E-state index in [4.69, 9.17) is 15.0 Å². The van der Waals surface area contributed by atoms with Crippen molar-refractivity contribution < 1.29 is 0 Å². The molecule has 3 heterocycles. The minimum Gasteiger partial charge on any atom is -0.264 e. The van der Waals surface area contributed by atoms with Crippen molar-refractivity contribution in [2.24, 2.45) is 0 Å². The van der Waals surface area contributed by atoms with Crippen LogP contribution in [0, 0.1) is 0 Å². The van der Waals surface area contributed by atoms with E-state index < -0.39 is 0 Å². The first-order chi connectivity index (χ1) is 21.8. The van der Waals surface area contributed by atoms with Crippen LogP contribution in [0.1, 0.15) is 0 Å². The van der Waals surface area contributed by atoms with Crippen LogP contribution < -0.4 is 0 Å². The maximum Gasteiger partial charge on any atom is 0.164 e. The van der Waals surface area contributed by atoms with Crippen molar-refractivity contribution in [3.8, 4) is 56.5 Å². The highest BCUT2D eigenvalue weighted by molar-refractivity contribution is 6.01. The van der Waals surface area contributed by atoms with Crippen LogP contribution in [0.3, 0.4) is 0 Å². The smallest absolute Gasteiger partial charge is 0.164 e. The SMILES string of the molecule is c1ccc(-c2nc(-c3ccccc3)nc(-c3ccc4cc5cc(-c6ccc(-c7cccnc7)nc6)ccc5cc4c3)n2)cc1. The van der Waals surface area contributed by atoms with Gasteiger partial charge in [0.15, 0.2) is 17.5 Å². The summed E-state index contributed by atoms with van der Waals surface area (Å²) in [6, 6.07) is 45.7. The Morgan fingerprint density at radius 1 is 0.341 bits per heavy atom. The molecule has 0 aliphatic heterocycles. The lowest BCUT2D eigenvalue weighted by Gasteiger charge is -2.10. The number of aromatic nitrogens is 5. The van der Waals surface area contributed by atoms with E-state index in [0.29, 0.717) is 17.5 Å². The van der Waals surface area contributed by atoms with Gasteiger partial charge in [-0.1, -0.05) is 91.0 Å². The second-order valence-corrected chi connectivity index (χ2v) is 10.7. The summed E-state index contributed by atoms with van der Waals surface area (Å²) in [6.45, 7) is 0. The second-order valence-electron chi connectivity index (χ2n) is 10.7. The van der Waals surface area contributed by atoms with Crippen LogP contribution in [-0.2, 0) is 0 Å². The van der Waals surface area contributed by atoms with Gasteiger partial charge in [0.1, 0.15) is 0 Å². The average Bonchev–Trinajstić information content (AvgIpc) is 3.11. The van der Waals surface area contributed by atoms with Crippen molar-refractivity contribution in [1.29, 1.82) is 0 Å². The van der Waals surface area contributed by atoms with Crippen molar-refractivity contribution in [3.63, 3.8) is 0 Å². The van der Waals surface area contributed by atoms with E-state index in [9.17, 15) is 0 Å². The molecule has 5 aromatic carbocycles. The fraction of sp³-hybridized carbons (Fsp3) is 0. The summed E-state index contributed by atoms with van der Waals surface area (Å²) in [5.41, 5.74) is 6.99. The van der Waals surface area contributed by atoms with Crippen LogP contribution in [0.25, 0.3) is 78.1 Å². The molecule has 0 amide bonds. The average molecular weight is 564 g/mol. The van der Waals surface area contributed by atoms with E-state index >= 15 is 0 Å². The lowest BCUT2D eigenvalue weighted by atomic mass is 9.98. The molecular weight excluding hydrogens is 538 g/mol. The van der Waals surface area contributed by atoms with Crippen molar-refractivity contribution in [1.82, 2.24) is 24.9 Å². The van der Waals surface area contributed by atoms with E-state index in [2.05, 4.69) is 64.6 Å². The number of pyridine rings is 2. The predicted octanol–water partition coefficient (Wildman–Crippen LogP) is 9.30. The van der Waals surface area contributed by atoms with Gasteiger partial charge in [-0.05, 0) is 69.6 Å². The van der Waals surface area contributed by atoms with Gasteiger partial charge in [0, 0.05) is 46.4 Å².